The van der Waals surface area contributed by atoms with Crippen molar-refractivity contribution in [1.82, 2.24) is 19.9 Å². The Kier molecular flexibility index (Phi) is 5.11. The van der Waals surface area contributed by atoms with Crippen molar-refractivity contribution in [2.75, 3.05) is 0 Å². The van der Waals surface area contributed by atoms with Gasteiger partial charge in [0.25, 0.3) is 0 Å². The molecule has 1 saturated carbocycles. The van der Waals surface area contributed by atoms with E-state index in [-0.39, 0.29) is 5.91 Å². The van der Waals surface area contributed by atoms with Gasteiger partial charge in [0.05, 0.1) is 5.69 Å². The summed E-state index contributed by atoms with van der Waals surface area (Å²) in [5.41, 5.74) is 5.06. The summed E-state index contributed by atoms with van der Waals surface area (Å²) in [6.45, 7) is 10.6. The fraction of sp³-hybridized carbons (Fsp3) is 0.650. The minimum Gasteiger partial charge on any atom is -0.353 e. The average Bonchev–Trinajstić information content (AvgIpc) is 2.92. The first-order valence-corrected chi connectivity index (χ1v) is 9.48. The molecule has 0 saturated heterocycles. The molecule has 3 atom stereocenters. The summed E-state index contributed by atoms with van der Waals surface area (Å²) in [6, 6.07) is 2.31. The second-order valence-electron chi connectivity index (χ2n) is 7.76. The van der Waals surface area contributed by atoms with Crippen molar-refractivity contribution >= 4 is 11.6 Å². The van der Waals surface area contributed by atoms with E-state index in [2.05, 4.69) is 36.2 Å². The van der Waals surface area contributed by atoms with Crippen molar-refractivity contribution in [3.05, 3.63) is 28.7 Å². The second kappa shape index (κ2) is 7.14. The van der Waals surface area contributed by atoms with E-state index in [0.717, 1.165) is 34.7 Å². The number of aromatic nitrogens is 3. The highest BCUT2D eigenvalue weighted by Crippen LogP contribution is 2.29. The third-order valence-electron chi connectivity index (χ3n) is 5.94. The van der Waals surface area contributed by atoms with Crippen molar-refractivity contribution < 1.29 is 4.79 Å². The summed E-state index contributed by atoms with van der Waals surface area (Å²) in [5.74, 6) is 1.41. The molecule has 1 N–H and O–H groups in total. The van der Waals surface area contributed by atoms with Crippen molar-refractivity contribution in [3.8, 4) is 0 Å². The minimum atomic E-state index is 0.154. The van der Waals surface area contributed by atoms with Crippen LogP contribution in [0.5, 0.6) is 0 Å². The topological polar surface area (TPSA) is 59.3 Å². The van der Waals surface area contributed by atoms with Crippen LogP contribution in [0, 0.1) is 32.6 Å². The van der Waals surface area contributed by atoms with Crippen molar-refractivity contribution in [3.63, 3.8) is 0 Å². The number of carbonyl (C=O) groups excluding carboxylic acids is 1. The second-order valence-corrected chi connectivity index (χ2v) is 7.76. The molecular formula is C20H30N4O. The zero-order valence-electron chi connectivity index (χ0n) is 16.1. The number of aryl methyl sites for hydroxylation is 3. The molecule has 0 bridgehead atoms. The first kappa shape index (κ1) is 17.9. The molecule has 1 aliphatic rings. The highest BCUT2D eigenvalue weighted by atomic mass is 16.1. The van der Waals surface area contributed by atoms with Crippen LogP contribution < -0.4 is 5.32 Å². The van der Waals surface area contributed by atoms with Crippen LogP contribution in [-0.2, 0) is 11.2 Å². The summed E-state index contributed by atoms with van der Waals surface area (Å²) in [4.78, 5) is 17.1. The van der Waals surface area contributed by atoms with Crippen LogP contribution in [0.25, 0.3) is 5.65 Å². The van der Waals surface area contributed by atoms with Crippen LogP contribution in [0.15, 0.2) is 6.07 Å². The van der Waals surface area contributed by atoms with Crippen LogP contribution in [0.3, 0.4) is 0 Å². The van der Waals surface area contributed by atoms with Gasteiger partial charge in [-0.05, 0) is 51.0 Å². The quantitative estimate of drug-likeness (QED) is 0.925. The molecule has 2 aromatic rings. The molecule has 5 nitrogen and oxygen atoms in total. The molecule has 0 aliphatic heterocycles. The van der Waals surface area contributed by atoms with Gasteiger partial charge in [-0.2, -0.15) is 5.10 Å². The lowest BCUT2D eigenvalue weighted by atomic mass is 9.78. The van der Waals surface area contributed by atoms with Crippen LogP contribution in [0.2, 0.25) is 0 Å². The summed E-state index contributed by atoms with van der Waals surface area (Å²) in [5, 5.41) is 7.77. The maximum Gasteiger partial charge on any atom is 0.220 e. The Labute approximate surface area is 150 Å². The van der Waals surface area contributed by atoms with Crippen molar-refractivity contribution in [2.45, 2.75) is 72.8 Å². The number of hydrogen-bond acceptors (Lipinski definition) is 3. The predicted molar refractivity (Wildman–Crippen MR) is 99.6 cm³/mol. The molecular weight excluding hydrogens is 312 g/mol. The molecule has 1 aliphatic carbocycles. The lowest BCUT2D eigenvalue weighted by molar-refractivity contribution is -0.122. The Balaban J connectivity index is 1.67. The third kappa shape index (κ3) is 3.70. The molecule has 2 aromatic heterocycles. The maximum absolute atomic E-state index is 12.5. The normalized spacial score (nSPS) is 23.8. The lowest BCUT2D eigenvalue weighted by Gasteiger charge is -2.34. The number of fused-ring (bicyclic) bond motifs is 1. The Bertz CT molecular complexity index is 780. The summed E-state index contributed by atoms with van der Waals surface area (Å²) in [6.07, 6.45) is 4.82. The maximum atomic E-state index is 12.5. The largest absolute Gasteiger partial charge is 0.353 e. The zero-order chi connectivity index (χ0) is 18.1. The van der Waals surface area contributed by atoms with Gasteiger partial charge in [-0.1, -0.05) is 26.7 Å². The number of nitrogens with zero attached hydrogens (tertiary/aromatic N) is 3. The van der Waals surface area contributed by atoms with Gasteiger partial charge < -0.3 is 5.32 Å². The monoisotopic (exact) mass is 342 g/mol. The fourth-order valence-corrected chi connectivity index (χ4v) is 4.11. The molecule has 0 spiro atoms. The van der Waals surface area contributed by atoms with Gasteiger partial charge in [-0.3, -0.25) is 4.79 Å². The lowest BCUT2D eigenvalue weighted by Crippen LogP contribution is -2.43. The van der Waals surface area contributed by atoms with E-state index < -0.39 is 0 Å². The standard InChI is InChI=1S/C20H30N4O/c1-12-7-6-8-18(14(12)3)22-20(25)10-9-17-15(4)21-19-11-13(2)23-24(19)16(17)5/h11-12,14,18H,6-10H2,1-5H3,(H,22,25)/t12-,14+,18-/m1/s1. The van der Waals surface area contributed by atoms with Gasteiger partial charge in [-0.25, -0.2) is 9.50 Å². The van der Waals surface area contributed by atoms with Gasteiger partial charge in [-0.15, -0.1) is 0 Å². The van der Waals surface area contributed by atoms with Crippen LogP contribution in [0.4, 0.5) is 0 Å². The van der Waals surface area contributed by atoms with E-state index in [1.54, 1.807) is 0 Å². The molecule has 0 aromatic carbocycles. The molecule has 2 heterocycles. The van der Waals surface area contributed by atoms with Gasteiger partial charge in [0, 0.05) is 29.9 Å². The number of nitrogens with one attached hydrogen (secondary N) is 1. The van der Waals surface area contributed by atoms with E-state index in [0.29, 0.717) is 30.7 Å². The highest BCUT2D eigenvalue weighted by Gasteiger charge is 2.28. The van der Waals surface area contributed by atoms with E-state index in [4.69, 9.17) is 0 Å². The number of hydrogen-bond donors (Lipinski definition) is 1. The number of amides is 1. The van der Waals surface area contributed by atoms with Gasteiger partial charge in [0.15, 0.2) is 5.65 Å². The summed E-state index contributed by atoms with van der Waals surface area (Å²) < 4.78 is 1.89. The molecule has 1 amide bonds. The summed E-state index contributed by atoms with van der Waals surface area (Å²) in [7, 11) is 0. The van der Waals surface area contributed by atoms with Crippen molar-refractivity contribution in [2.24, 2.45) is 11.8 Å². The third-order valence-corrected chi connectivity index (χ3v) is 5.94. The van der Waals surface area contributed by atoms with Gasteiger partial charge >= 0.3 is 0 Å². The van der Waals surface area contributed by atoms with Gasteiger partial charge in [0.1, 0.15) is 0 Å². The SMILES string of the molecule is Cc1cc2nc(C)c(CCC(=O)N[C@@H]3CCC[C@@H](C)[C@@H]3C)c(C)n2n1. The Hall–Kier alpha value is -1.91. The van der Waals surface area contributed by atoms with Gasteiger partial charge in [0.2, 0.25) is 5.91 Å². The number of rotatable bonds is 4. The predicted octanol–water partition coefficient (Wildman–Crippen LogP) is 3.53. The summed E-state index contributed by atoms with van der Waals surface area (Å²) >= 11 is 0. The van der Waals surface area contributed by atoms with E-state index in [1.807, 2.05) is 24.4 Å². The first-order chi connectivity index (χ1) is 11.9. The Morgan fingerprint density at radius 1 is 1.28 bits per heavy atom. The van der Waals surface area contributed by atoms with E-state index in [1.165, 1.54) is 12.8 Å². The minimum absolute atomic E-state index is 0.154. The molecule has 25 heavy (non-hydrogen) atoms. The number of carbonyl (C=O) groups is 1. The zero-order valence-corrected chi connectivity index (χ0v) is 16.1. The molecule has 136 valence electrons. The van der Waals surface area contributed by atoms with Crippen LogP contribution >= 0.6 is 0 Å². The first-order valence-electron chi connectivity index (χ1n) is 9.48. The molecule has 3 rings (SSSR count). The van der Waals surface area contributed by atoms with E-state index in [9.17, 15) is 4.79 Å². The Morgan fingerprint density at radius 2 is 2.04 bits per heavy atom. The van der Waals surface area contributed by atoms with Crippen LogP contribution in [0.1, 0.15) is 62.2 Å². The molecule has 5 heteroatoms. The molecule has 0 radical (unpaired) electrons. The molecule has 0 unspecified atom stereocenters. The van der Waals surface area contributed by atoms with Crippen LogP contribution in [-0.4, -0.2) is 26.5 Å². The fourth-order valence-electron chi connectivity index (χ4n) is 4.11. The Morgan fingerprint density at radius 3 is 2.80 bits per heavy atom. The highest BCUT2D eigenvalue weighted by molar-refractivity contribution is 5.76. The average molecular weight is 342 g/mol. The molecule has 1 fully saturated rings. The van der Waals surface area contributed by atoms with Crippen molar-refractivity contribution in [1.29, 1.82) is 0 Å². The van der Waals surface area contributed by atoms with E-state index >= 15 is 0 Å². The smallest absolute Gasteiger partial charge is 0.220 e.